The number of piperidine rings is 3. The van der Waals surface area contributed by atoms with Crippen molar-refractivity contribution in [3.8, 4) is 0 Å². The quantitative estimate of drug-likeness (QED) is 0.196. The van der Waals surface area contributed by atoms with Crippen LogP contribution < -0.4 is 5.32 Å². The average Bonchev–Trinajstić information content (AvgIpc) is 1.59. The Hall–Kier alpha value is -6.41. The number of carbonyl (C=O) groups excluding carboxylic acids is 3. The molecule has 1 N–H and O–H groups in total. The van der Waals surface area contributed by atoms with E-state index in [0.29, 0.717) is 57.5 Å². The van der Waals surface area contributed by atoms with E-state index >= 15 is 0 Å². The number of rotatable bonds is 6. The van der Waals surface area contributed by atoms with Crippen LogP contribution in [0.3, 0.4) is 0 Å². The molecular formula is C99H138N10O4. The van der Waals surface area contributed by atoms with Gasteiger partial charge < -0.3 is 24.8 Å². The maximum atomic E-state index is 12.5. The highest BCUT2D eigenvalue weighted by molar-refractivity contribution is 5.76. The molecule has 4 aromatic heterocycles. The molecule has 4 saturated heterocycles. The molecule has 16 aliphatic rings. The molecule has 0 radical (unpaired) electrons. The van der Waals surface area contributed by atoms with E-state index in [1.165, 1.54) is 202 Å². The molecule has 113 heavy (non-hydrogen) atoms. The predicted octanol–water partition coefficient (Wildman–Crippen LogP) is 20.8. The number of allylic oxidation sites excluding steroid dienone is 8. The lowest BCUT2D eigenvalue weighted by atomic mass is 9.46. The summed E-state index contributed by atoms with van der Waals surface area (Å²) < 4.78 is 5.16. The molecule has 12 aliphatic carbocycles. The Morgan fingerprint density at radius 2 is 0.885 bits per heavy atom. The number of ether oxygens (including phenoxy) is 1. The first-order valence-corrected chi connectivity index (χ1v) is 45.8. The summed E-state index contributed by atoms with van der Waals surface area (Å²) in [5, 5.41) is 3.81. The van der Waals surface area contributed by atoms with Gasteiger partial charge in [0.1, 0.15) is 0 Å². The number of pyridine rings is 2. The second-order valence-corrected chi connectivity index (χ2v) is 41.3. The standard InChI is InChI=1S/C27H38N2O2.C26H37N3O.C24H33N3O.C22H30N2/c1-5-18-15-19(17-28-16-18)21-8-9-22-20-7-10-24-27(3,23(20)11-13-26(21,22)2)12-6-14-29(24)25(30)31-4;1-5-18-15-27-16-23(28-18)22-9-8-20-19-7-10-24-26(4,12-6-14-29(24)17(2)30)21(19)11-13-25(20,22)3;1-16(28)27-14-4-10-24(3)19-9-11-23(2)18(17(19)5-8-22(24)27)6-7-20(23)21-15-25-12-13-26-21;1-21-10-9-19-16(5-8-20-22(19,2)11-13-24-20)18(21)7-6-17(21)15-4-3-12-23-14-15/h8,15-17,20,22-24H,5-7,9-14H2,1-4H3;9,15-16,19-21,24H,5-8,10-14H2,1-4H3;7,12-13,15,17-19,22H,4-6,8-11,14H2,1-3H3;3-4,6,12,14,16,18-20,24H,5,7-11,13H2,1-2H3/t20-,22-,23?,24?,26+,27+;19-,20-,21?,24?,25-,26+;17-,18-,19?,22?,23-,24+;16-,18-,19-,20?,21+,22+/m0000/s1. The first kappa shape index (κ1) is 79.1. The fourth-order valence-corrected chi connectivity index (χ4v) is 31.5. The van der Waals surface area contributed by atoms with Crippen LogP contribution in [0.1, 0.15) is 290 Å². The monoisotopic (exact) mass is 1530 g/mol. The maximum Gasteiger partial charge on any atom is 0.409 e. The van der Waals surface area contributed by atoms with Crippen molar-refractivity contribution in [2.45, 2.75) is 293 Å². The summed E-state index contributed by atoms with van der Waals surface area (Å²) in [6, 6.07) is 8.76. The summed E-state index contributed by atoms with van der Waals surface area (Å²) in [4.78, 5) is 71.0. The molecule has 0 bridgehead atoms. The van der Waals surface area contributed by atoms with Gasteiger partial charge >= 0.3 is 6.09 Å². The van der Waals surface area contributed by atoms with Gasteiger partial charge in [0.05, 0.1) is 36.6 Å². The van der Waals surface area contributed by atoms with Crippen LogP contribution in [0, 0.1) is 114 Å². The van der Waals surface area contributed by atoms with Crippen molar-refractivity contribution in [1.29, 1.82) is 0 Å². The minimum absolute atomic E-state index is 0.122. The van der Waals surface area contributed by atoms with Crippen molar-refractivity contribution in [3.05, 3.63) is 132 Å². The van der Waals surface area contributed by atoms with Gasteiger partial charge in [-0.15, -0.1) is 0 Å². The van der Waals surface area contributed by atoms with Gasteiger partial charge in [-0.25, -0.2) is 9.78 Å². The molecule has 0 aromatic carbocycles. The molecule has 0 spiro atoms. The largest absolute Gasteiger partial charge is 0.453 e. The lowest BCUT2D eigenvalue weighted by Gasteiger charge is -2.62. The van der Waals surface area contributed by atoms with E-state index in [4.69, 9.17) is 9.72 Å². The Morgan fingerprint density at radius 3 is 1.36 bits per heavy atom. The normalized spacial score (nSPS) is 41.9. The first-order chi connectivity index (χ1) is 54.4. The van der Waals surface area contributed by atoms with Crippen molar-refractivity contribution in [3.63, 3.8) is 0 Å². The lowest BCUT2D eigenvalue weighted by molar-refractivity contribution is -0.152. The second-order valence-electron chi connectivity index (χ2n) is 41.3. The molecule has 8 saturated carbocycles. The van der Waals surface area contributed by atoms with Gasteiger partial charge in [-0.2, -0.15) is 0 Å². The maximum absolute atomic E-state index is 12.5. The fraction of sp³-hybridized carbons (Fsp3) is 0.707. The highest BCUT2D eigenvalue weighted by Gasteiger charge is 2.65. The molecule has 14 heteroatoms. The van der Waals surface area contributed by atoms with Crippen molar-refractivity contribution >= 4 is 40.2 Å². The van der Waals surface area contributed by atoms with Gasteiger partial charge in [-0.3, -0.25) is 34.5 Å². The summed E-state index contributed by atoms with van der Waals surface area (Å²) >= 11 is 0. The Morgan fingerprint density at radius 1 is 0.442 bits per heavy atom. The van der Waals surface area contributed by atoms with Gasteiger partial charge in [0, 0.05) is 101 Å². The Balaban J connectivity index is 0.000000109. The number of likely N-dealkylation sites (tertiary alicyclic amines) is 3. The number of aryl methyl sites for hydroxylation is 2. The number of fused-ring (bicyclic) bond motifs is 20. The zero-order valence-corrected chi connectivity index (χ0v) is 71.5. The van der Waals surface area contributed by atoms with Crippen molar-refractivity contribution in [2.75, 3.05) is 33.3 Å². The Kier molecular flexibility index (Phi) is 21.3. The molecule has 4 aromatic rings. The van der Waals surface area contributed by atoms with E-state index in [1.54, 1.807) is 31.2 Å². The van der Waals surface area contributed by atoms with Crippen molar-refractivity contribution in [1.82, 2.24) is 49.9 Å². The molecule has 14 nitrogen and oxygen atoms in total. The number of nitrogens with zero attached hydrogens (tertiary/aromatic N) is 9. The van der Waals surface area contributed by atoms with Crippen LogP contribution in [0.2, 0.25) is 0 Å². The van der Waals surface area contributed by atoms with Crippen molar-refractivity contribution < 1.29 is 19.1 Å². The van der Waals surface area contributed by atoms with Crippen LogP contribution in [-0.4, -0.2) is 120 Å². The third-order valence-electron chi connectivity index (χ3n) is 37.0. The van der Waals surface area contributed by atoms with E-state index < -0.39 is 0 Å². The number of amides is 3. The average molecular weight is 1530 g/mol. The molecule has 24 atom stereocenters. The van der Waals surface area contributed by atoms with Gasteiger partial charge in [0.15, 0.2) is 0 Å². The number of hydrogen-bond donors (Lipinski definition) is 1. The van der Waals surface area contributed by atoms with E-state index in [-0.39, 0.29) is 39.6 Å². The number of nitrogens with one attached hydrogen (secondary N) is 1. The molecule has 12 fully saturated rings. The molecule has 3 amide bonds. The second kappa shape index (κ2) is 30.5. The van der Waals surface area contributed by atoms with Crippen LogP contribution in [0.15, 0.2) is 98.3 Å². The van der Waals surface area contributed by atoms with E-state index in [1.807, 2.05) is 37.2 Å². The molecule has 20 rings (SSSR count). The molecule has 608 valence electrons. The van der Waals surface area contributed by atoms with Crippen molar-refractivity contribution in [2.24, 2.45) is 114 Å². The molecular weight excluding hydrogens is 1390 g/mol. The zero-order chi connectivity index (χ0) is 78.8. The first-order valence-electron chi connectivity index (χ1n) is 45.8. The highest BCUT2D eigenvalue weighted by Crippen LogP contribution is 2.71. The van der Waals surface area contributed by atoms with Gasteiger partial charge in [-0.1, -0.05) is 99.6 Å². The van der Waals surface area contributed by atoms with Gasteiger partial charge in [0.25, 0.3) is 0 Å². The Labute approximate surface area is 678 Å². The smallest absolute Gasteiger partial charge is 0.409 e. The van der Waals surface area contributed by atoms with E-state index in [9.17, 15) is 14.4 Å². The molecule has 7 unspecified atom stereocenters. The number of aromatic nitrogens is 6. The third kappa shape index (κ3) is 13.0. The van der Waals surface area contributed by atoms with E-state index in [2.05, 4.69) is 169 Å². The van der Waals surface area contributed by atoms with E-state index in [0.717, 1.165) is 122 Å². The molecule has 4 aliphatic heterocycles. The topological polar surface area (TPSA) is 160 Å². The summed E-state index contributed by atoms with van der Waals surface area (Å²) in [6.07, 6.45) is 63.4. The Bertz CT molecular complexity index is 4330. The SMILES string of the molecule is CC(=O)N1CCC[C@]2(C)C3CC[C@]4(C)C(c5cnccn5)=CC[C@H]4[C@@H]3CCC12.CCc1cncc(C2=CC[C@H]3[C@@H]4CCC5N(C(=O)OC)CCC[C@]5(C)C4CC[C@]23C)c1.CCc1cncc(C2=CC[C@H]3[C@@H]4CCC5N(C(C)=O)CCC[C@]5(C)C4CC[C@]23C)n1.C[C@]12CCNC1CC[C@@H]1[C@@H]2CC[C@]2(C)C(c3cccnc3)=CC[C@@H]12. The summed E-state index contributed by atoms with van der Waals surface area (Å²) in [5.41, 5.74) is 15.8. The fourth-order valence-electron chi connectivity index (χ4n) is 31.5. The van der Waals surface area contributed by atoms with Gasteiger partial charge in [0.2, 0.25) is 11.8 Å². The highest BCUT2D eigenvalue weighted by atomic mass is 16.5. The lowest BCUT2D eigenvalue weighted by Crippen LogP contribution is -2.61. The van der Waals surface area contributed by atoms with Crippen LogP contribution in [0.5, 0.6) is 0 Å². The van der Waals surface area contributed by atoms with Crippen LogP contribution >= 0.6 is 0 Å². The number of methoxy groups -OCH3 is 1. The molecule has 8 heterocycles. The summed E-state index contributed by atoms with van der Waals surface area (Å²) in [6.45, 7) is 32.1. The van der Waals surface area contributed by atoms with Crippen LogP contribution in [-0.2, 0) is 27.2 Å². The van der Waals surface area contributed by atoms with Crippen LogP contribution in [0.4, 0.5) is 4.79 Å². The third-order valence-corrected chi connectivity index (χ3v) is 37.0. The van der Waals surface area contributed by atoms with Gasteiger partial charge in [-0.05, 0) is 358 Å². The van der Waals surface area contributed by atoms with Crippen LogP contribution in [0.25, 0.3) is 22.3 Å². The minimum Gasteiger partial charge on any atom is -0.453 e. The predicted molar refractivity (Wildman–Crippen MR) is 452 cm³/mol. The number of hydrogen-bond acceptors (Lipinski definition) is 11. The minimum atomic E-state index is -0.122. The zero-order valence-electron chi connectivity index (χ0n) is 71.5. The number of carbonyl (C=O) groups is 3. The summed E-state index contributed by atoms with van der Waals surface area (Å²) in [7, 11) is 1.53. The summed E-state index contributed by atoms with van der Waals surface area (Å²) in [5.74, 6) is 9.94.